The molecule has 0 aliphatic carbocycles. The van der Waals surface area contributed by atoms with Crippen LogP contribution in [-0.4, -0.2) is 33.9 Å². The van der Waals surface area contributed by atoms with Crippen LogP contribution < -0.4 is 4.74 Å². The molecular weight excluding hydrogens is 342 g/mol. The van der Waals surface area contributed by atoms with Crippen molar-refractivity contribution in [1.29, 1.82) is 0 Å². The van der Waals surface area contributed by atoms with E-state index in [1.165, 1.54) is 5.69 Å². The molecule has 0 aliphatic heterocycles. The number of hydrogen-bond acceptors (Lipinski definition) is 4. The molecule has 0 spiro atoms. The van der Waals surface area contributed by atoms with Crippen LogP contribution in [0.4, 0.5) is 0 Å². The Bertz CT molecular complexity index is 737. The van der Waals surface area contributed by atoms with Gasteiger partial charge >= 0.3 is 0 Å². The molecule has 0 radical (unpaired) electrons. The molecule has 0 fully saturated rings. The zero-order chi connectivity index (χ0) is 19.4. The number of methoxy groups -OCH3 is 1. The van der Waals surface area contributed by atoms with E-state index in [1.807, 2.05) is 24.9 Å². The van der Waals surface area contributed by atoms with E-state index in [1.54, 1.807) is 7.11 Å². The van der Waals surface area contributed by atoms with Crippen LogP contribution in [0.2, 0.25) is 0 Å². The number of hydrogen-bond donors (Lipinski definition) is 0. The highest BCUT2D eigenvalue weighted by molar-refractivity contribution is 7.98. The average molecular weight is 376 g/mol. The second-order valence-corrected chi connectivity index (χ2v) is 8.52. The third-order valence-corrected chi connectivity index (χ3v) is 5.50. The smallest absolute Gasteiger partial charge is 0.128 e. The Morgan fingerprint density at radius 3 is 2.38 bits per heavy atom. The lowest BCUT2D eigenvalue weighted by Gasteiger charge is -2.24. The zero-order valence-electron chi connectivity index (χ0n) is 17.5. The Hall–Kier alpha value is -1.49. The summed E-state index contributed by atoms with van der Waals surface area (Å²) in [5.74, 6) is 2.83. The van der Waals surface area contributed by atoms with Crippen molar-refractivity contribution >= 4 is 11.8 Å². The van der Waals surface area contributed by atoms with Crippen LogP contribution in [0.25, 0.3) is 0 Å². The van der Waals surface area contributed by atoms with Gasteiger partial charge in [-0.05, 0) is 50.2 Å². The Labute approximate surface area is 162 Å². The lowest BCUT2D eigenvalue weighted by Crippen LogP contribution is -2.19. The summed E-state index contributed by atoms with van der Waals surface area (Å²) in [5, 5.41) is 5.01. The van der Waals surface area contributed by atoms with Crippen LogP contribution in [0.3, 0.4) is 0 Å². The maximum atomic E-state index is 5.65. The zero-order valence-corrected chi connectivity index (χ0v) is 18.3. The summed E-state index contributed by atoms with van der Waals surface area (Å²) in [6.45, 7) is 13.0. The van der Waals surface area contributed by atoms with Gasteiger partial charge in [0.15, 0.2) is 0 Å². The molecule has 0 aromatic carbocycles. The molecule has 5 heteroatoms. The molecule has 0 bridgehead atoms. The summed E-state index contributed by atoms with van der Waals surface area (Å²) in [7, 11) is 1.74. The predicted octanol–water partition coefficient (Wildman–Crippen LogP) is 5.49. The highest BCUT2D eigenvalue weighted by Gasteiger charge is 2.25. The molecular formula is C21H33N3OS. The van der Waals surface area contributed by atoms with Crippen LogP contribution in [0.15, 0.2) is 12.3 Å². The fourth-order valence-corrected chi connectivity index (χ4v) is 3.84. The van der Waals surface area contributed by atoms with Crippen molar-refractivity contribution in [3.05, 3.63) is 40.5 Å². The second-order valence-electron chi connectivity index (χ2n) is 7.53. The SMILES string of the molecule is COc1c(C)cnc(C(CCSC)n2nc(C(C)C)cc2C(C)C)c1C. The molecule has 2 aromatic heterocycles. The molecule has 0 N–H and O–H groups in total. The van der Waals surface area contributed by atoms with Gasteiger partial charge < -0.3 is 4.74 Å². The van der Waals surface area contributed by atoms with Gasteiger partial charge in [0.25, 0.3) is 0 Å². The van der Waals surface area contributed by atoms with Gasteiger partial charge in [-0.15, -0.1) is 0 Å². The van der Waals surface area contributed by atoms with E-state index in [-0.39, 0.29) is 6.04 Å². The molecule has 0 saturated heterocycles. The lowest BCUT2D eigenvalue weighted by molar-refractivity contribution is 0.402. The predicted molar refractivity (Wildman–Crippen MR) is 112 cm³/mol. The van der Waals surface area contributed by atoms with E-state index in [0.29, 0.717) is 11.8 Å². The van der Waals surface area contributed by atoms with E-state index in [0.717, 1.165) is 40.4 Å². The van der Waals surface area contributed by atoms with Gasteiger partial charge in [-0.2, -0.15) is 16.9 Å². The summed E-state index contributed by atoms with van der Waals surface area (Å²) in [5.41, 5.74) is 5.70. The number of nitrogens with zero attached hydrogens (tertiary/aromatic N) is 3. The topological polar surface area (TPSA) is 39.9 Å². The summed E-state index contributed by atoms with van der Waals surface area (Å²) >= 11 is 1.87. The number of ether oxygens (including phenoxy) is 1. The summed E-state index contributed by atoms with van der Waals surface area (Å²) in [6, 6.07) is 2.39. The summed E-state index contributed by atoms with van der Waals surface area (Å²) < 4.78 is 7.88. The van der Waals surface area contributed by atoms with Crippen molar-refractivity contribution in [2.24, 2.45) is 0 Å². The van der Waals surface area contributed by atoms with Crippen molar-refractivity contribution in [3.8, 4) is 5.75 Å². The molecule has 2 aromatic rings. The summed E-state index contributed by atoms with van der Waals surface area (Å²) in [4.78, 5) is 4.82. The molecule has 0 aliphatic rings. The molecule has 1 unspecified atom stereocenters. The van der Waals surface area contributed by atoms with E-state index >= 15 is 0 Å². The van der Waals surface area contributed by atoms with Crippen molar-refractivity contribution < 1.29 is 4.74 Å². The van der Waals surface area contributed by atoms with E-state index in [2.05, 4.69) is 51.6 Å². The molecule has 4 nitrogen and oxygen atoms in total. The standard InChI is InChI=1S/C21H33N3OS/c1-13(2)17-11-19(14(3)4)24(23-17)18(9-10-26-8)20-16(6)21(25-7)15(5)12-22-20/h11-14,18H,9-10H2,1-8H3. The fourth-order valence-electron chi connectivity index (χ4n) is 3.38. The van der Waals surface area contributed by atoms with Gasteiger partial charge in [-0.25, -0.2) is 0 Å². The third-order valence-electron chi connectivity index (χ3n) is 4.86. The first kappa shape index (κ1) is 20.8. The van der Waals surface area contributed by atoms with Crippen LogP contribution in [0, 0.1) is 13.8 Å². The Kier molecular flexibility index (Phi) is 7.16. The fraction of sp³-hybridized carbons (Fsp3) is 0.619. The monoisotopic (exact) mass is 375 g/mol. The first-order chi connectivity index (χ1) is 12.3. The van der Waals surface area contributed by atoms with E-state index < -0.39 is 0 Å². The highest BCUT2D eigenvalue weighted by atomic mass is 32.2. The summed E-state index contributed by atoms with van der Waals surface area (Å²) in [6.07, 6.45) is 5.08. The second kappa shape index (κ2) is 8.94. The number of rotatable bonds is 8. The van der Waals surface area contributed by atoms with Crippen LogP contribution in [0.1, 0.15) is 80.2 Å². The third kappa shape index (κ3) is 4.25. The molecule has 26 heavy (non-hydrogen) atoms. The minimum Gasteiger partial charge on any atom is -0.496 e. The van der Waals surface area contributed by atoms with Gasteiger partial charge in [0.05, 0.1) is 24.5 Å². The lowest BCUT2D eigenvalue weighted by atomic mass is 10.0. The van der Waals surface area contributed by atoms with Crippen molar-refractivity contribution in [3.63, 3.8) is 0 Å². The van der Waals surface area contributed by atoms with E-state index in [4.69, 9.17) is 14.8 Å². The minimum absolute atomic E-state index is 0.127. The number of thioether (sulfide) groups is 1. The highest BCUT2D eigenvalue weighted by Crippen LogP contribution is 2.34. The maximum absolute atomic E-state index is 5.65. The largest absolute Gasteiger partial charge is 0.496 e. The number of pyridine rings is 1. The Balaban J connectivity index is 2.63. The van der Waals surface area contributed by atoms with Gasteiger partial charge in [-0.3, -0.25) is 9.67 Å². The van der Waals surface area contributed by atoms with Crippen LogP contribution in [-0.2, 0) is 0 Å². The van der Waals surface area contributed by atoms with Crippen molar-refractivity contribution in [2.45, 2.75) is 65.8 Å². The Morgan fingerprint density at radius 1 is 1.15 bits per heavy atom. The first-order valence-corrected chi connectivity index (χ1v) is 10.8. The molecule has 1 atom stereocenters. The van der Waals surface area contributed by atoms with Gasteiger partial charge in [0.2, 0.25) is 0 Å². The molecule has 0 saturated carbocycles. The molecule has 2 rings (SSSR count). The van der Waals surface area contributed by atoms with Crippen LogP contribution >= 0.6 is 11.8 Å². The maximum Gasteiger partial charge on any atom is 0.128 e. The van der Waals surface area contributed by atoms with Crippen molar-refractivity contribution in [1.82, 2.24) is 14.8 Å². The van der Waals surface area contributed by atoms with Gasteiger partial charge in [0.1, 0.15) is 5.75 Å². The van der Waals surface area contributed by atoms with Gasteiger partial charge in [0, 0.05) is 23.0 Å². The molecule has 2 heterocycles. The minimum atomic E-state index is 0.127. The average Bonchev–Trinajstić information content (AvgIpc) is 3.03. The normalized spacial score (nSPS) is 12.8. The molecule has 0 amide bonds. The number of aryl methyl sites for hydroxylation is 1. The van der Waals surface area contributed by atoms with Crippen molar-refractivity contribution in [2.75, 3.05) is 19.1 Å². The van der Waals surface area contributed by atoms with Gasteiger partial charge in [-0.1, -0.05) is 27.7 Å². The Morgan fingerprint density at radius 2 is 1.85 bits per heavy atom. The number of aromatic nitrogens is 3. The quantitative estimate of drug-likeness (QED) is 0.611. The van der Waals surface area contributed by atoms with E-state index in [9.17, 15) is 0 Å². The molecule has 144 valence electrons. The van der Waals surface area contributed by atoms with Crippen LogP contribution in [0.5, 0.6) is 5.75 Å². The first-order valence-electron chi connectivity index (χ1n) is 9.40.